The lowest BCUT2D eigenvalue weighted by Crippen LogP contribution is -2.37. The van der Waals surface area contributed by atoms with E-state index in [9.17, 15) is 14.7 Å². The van der Waals surface area contributed by atoms with Crippen molar-refractivity contribution < 1.29 is 19.4 Å². The third-order valence-electron chi connectivity index (χ3n) is 3.57. The van der Waals surface area contributed by atoms with Gasteiger partial charge in [0.05, 0.1) is 12.1 Å². The van der Waals surface area contributed by atoms with E-state index in [4.69, 9.17) is 10.5 Å². The molecule has 1 aliphatic carbocycles. The molecule has 0 heterocycles. The van der Waals surface area contributed by atoms with Crippen LogP contribution in [0.2, 0.25) is 0 Å². The Morgan fingerprint density at radius 3 is 2.43 bits per heavy atom. The molecule has 6 nitrogen and oxygen atoms in total. The summed E-state index contributed by atoms with van der Waals surface area (Å²) in [5.74, 6) is -0.503. The first-order valence-electron chi connectivity index (χ1n) is 7.07. The highest BCUT2D eigenvalue weighted by molar-refractivity contribution is 5.74. The van der Waals surface area contributed by atoms with Crippen LogP contribution in [0.3, 0.4) is 0 Å². The van der Waals surface area contributed by atoms with E-state index in [2.05, 4.69) is 5.32 Å². The highest BCUT2D eigenvalue weighted by atomic mass is 16.5. The standard InChI is InChI=1S/C15H20N2O4/c16-15(20)17-13(9-14(18)19)10-5-7-12(8-6-10)21-11-3-1-2-4-11/h5-8,11,13H,1-4,9H2,(H,18,19)(H3,16,17,20)/p-1/t13-/m1/s1. The van der Waals surface area contributed by atoms with Gasteiger partial charge in [-0.1, -0.05) is 12.1 Å². The van der Waals surface area contributed by atoms with E-state index in [1.807, 2.05) is 0 Å². The normalized spacial score (nSPS) is 16.4. The SMILES string of the molecule is NC(=O)N[C@H](CC(=O)[O-])c1ccc(OC2CCCC2)cc1. The van der Waals surface area contributed by atoms with Gasteiger partial charge in [0.2, 0.25) is 0 Å². The van der Waals surface area contributed by atoms with Crippen LogP contribution in [0, 0.1) is 0 Å². The van der Waals surface area contributed by atoms with Crippen molar-refractivity contribution in [3.05, 3.63) is 29.8 Å². The summed E-state index contributed by atoms with van der Waals surface area (Å²) in [5.41, 5.74) is 5.71. The van der Waals surface area contributed by atoms with E-state index in [1.165, 1.54) is 12.8 Å². The third kappa shape index (κ3) is 4.66. The molecule has 21 heavy (non-hydrogen) atoms. The number of hydrogen-bond donors (Lipinski definition) is 2. The van der Waals surface area contributed by atoms with E-state index in [1.54, 1.807) is 24.3 Å². The summed E-state index contributed by atoms with van der Waals surface area (Å²) in [7, 11) is 0. The number of aliphatic carboxylic acids is 1. The Morgan fingerprint density at radius 1 is 1.29 bits per heavy atom. The number of hydrogen-bond acceptors (Lipinski definition) is 4. The van der Waals surface area contributed by atoms with Gasteiger partial charge in [-0.05, 0) is 43.4 Å². The predicted octanol–water partition coefficient (Wildman–Crippen LogP) is 0.857. The molecule has 2 amide bonds. The van der Waals surface area contributed by atoms with E-state index >= 15 is 0 Å². The Kier molecular flexibility index (Phi) is 5.03. The van der Waals surface area contributed by atoms with Crippen molar-refractivity contribution in [1.82, 2.24) is 5.32 Å². The van der Waals surface area contributed by atoms with Crippen molar-refractivity contribution in [1.29, 1.82) is 0 Å². The van der Waals surface area contributed by atoms with Crippen molar-refractivity contribution in [2.75, 3.05) is 0 Å². The van der Waals surface area contributed by atoms with Gasteiger partial charge in [0.15, 0.2) is 0 Å². The number of carboxylic acid groups (broad SMARTS) is 1. The first-order chi connectivity index (χ1) is 10.0. The Labute approximate surface area is 123 Å². The molecule has 1 fully saturated rings. The maximum absolute atomic E-state index is 10.9. The molecule has 0 aliphatic heterocycles. The fourth-order valence-electron chi connectivity index (χ4n) is 2.57. The van der Waals surface area contributed by atoms with Crippen LogP contribution in [-0.4, -0.2) is 18.1 Å². The van der Waals surface area contributed by atoms with Gasteiger partial charge in [0, 0.05) is 12.4 Å². The average molecular weight is 291 g/mol. The number of urea groups is 1. The van der Waals surface area contributed by atoms with Gasteiger partial charge < -0.3 is 25.7 Å². The van der Waals surface area contributed by atoms with Gasteiger partial charge in [-0.15, -0.1) is 0 Å². The molecular formula is C15H19N2O4-. The smallest absolute Gasteiger partial charge is 0.312 e. The Balaban J connectivity index is 2.03. The summed E-state index contributed by atoms with van der Waals surface area (Å²) in [5, 5.41) is 13.1. The number of rotatable bonds is 6. The minimum Gasteiger partial charge on any atom is -0.550 e. The largest absolute Gasteiger partial charge is 0.550 e. The van der Waals surface area contributed by atoms with E-state index in [0.29, 0.717) is 5.56 Å². The van der Waals surface area contributed by atoms with Crippen LogP contribution in [0.5, 0.6) is 5.75 Å². The number of carbonyl (C=O) groups is 2. The van der Waals surface area contributed by atoms with Crippen LogP contribution in [0.4, 0.5) is 4.79 Å². The molecule has 114 valence electrons. The molecule has 6 heteroatoms. The number of carboxylic acids is 1. The molecule has 1 atom stereocenters. The number of nitrogens with one attached hydrogen (secondary N) is 1. The lowest BCUT2D eigenvalue weighted by Gasteiger charge is -2.19. The summed E-state index contributed by atoms with van der Waals surface area (Å²) in [4.78, 5) is 21.7. The molecular weight excluding hydrogens is 272 g/mol. The number of primary amides is 1. The van der Waals surface area contributed by atoms with Crippen LogP contribution in [0.25, 0.3) is 0 Å². The first-order valence-corrected chi connectivity index (χ1v) is 7.07. The van der Waals surface area contributed by atoms with Crippen LogP contribution in [0.15, 0.2) is 24.3 Å². The number of ether oxygens (including phenoxy) is 1. The average Bonchev–Trinajstić information content (AvgIpc) is 2.90. The molecule has 0 bridgehead atoms. The monoisotopic (exact) mass is 291 g/mol. The lowest BCUT2D eigenvalue weighted by molar-refractivity contribution is -0.306. The number of carbonyl (C=O) groups excluding carboxylic acids is 2. The van der Waals surface area contributed by atoms with Crippen LogP contribution in [0.1, 0.15) is 43.7 Å². The second-order valence-electron chi connectivity index (χ2n) is 5.23. The maximum Gasteiger partial charge on any atom is 0.312 e. The van der Waals surface area contributed by atoms with Crippen molar-refractivity contribution in [2.45, 2.75) is 44.2 Å². The molecule has 1 aromatic rings. The number of nitrogens with two attached hydrogens (primary N) is 1. The summed E-state index contributed by atoms with van der Waals surface area (Å²) in [6, 6.07) is 5.54. The molecule has 0 radical (unpaired) electrons. The second-order valence-corrected chi connectivity index (χ2v) is 5.23. The Hall–Kier alpha value is -2.24. The van der Waals surface area contributed by atoms with E-state index < -0.39 is 18.0 Å². The molecule has 3 N–H and O–H groups in total. The highest BCUT2D eigenvalue weighted by Crippen LogP contribution is 2.25. The van der Waals surface area contributed by atoms with Gasteiger partial charge >= 0.3 is 6.03 Å². The fourth-order valence-corrected chi connectivity index (χ4v) is 2.57. The quantitative estimate of drug-likeness (QED) is 0.810. The molecule has 1 saturated carbocycles. The van der Waals surface area contributed by atoms with Crippen molar-refractivity contribution >= 4 is 12.0 Å². The summed E-state index contributed by atoms with van der Waals surface area (Å²) in [6.07, 6.45) is 4.46. The molecule has 0 spiro atoms. The lowest BCUT2D eigenvalue weighted by atomic mass is 10.0. The fraction of sp³-hybridized carbons (Fsp3) is 0.467. The van der Waals surface area contributed by atoms with Gasteiger partial charge in [-0.3, -0.25) is 0 Å². The van der Waals surface area contributed by atoms with Crippen LogP contribution >= 0.6 is 0 Å². The van der Waals surface area contributed by atoms with Gasteiger partial charge in [-0.2, -0.15) is 0 Å². The van der Waals surface area contributed by atoms with Crippen molar-refractivity contribution in [3.8, 4) is 5.75 Å². The van der Waals surface area contributed by atoms with E-state index in [0.717, 1.165) is 18.6 Å². The summed E-state index contributed by atoms with van der Waals surface area (Å²) >= 11 is 0. The Bertz CT molecular complexity index is 479. The second kappa shape index (κ2) is 6.97. The Morgan fingerprint density at radius 2 is 1.90 bits per heavy atom. The molecule has 0 aromatic heterocycles. The van der Waals surface area contributed by atoms with E-state index in [-0.39, 0.29) is 12.5 Å². The number of amides is 2. The zero-order valence-electron chi connectivity index (χ0n) is 11.7. The van der Waals surface area contributed by atoms with Crippen molar-refractivity contribution in [3.63, 3.8) is 0 Å². The molecule has 2 rings (SSSR count). The van der Waals surface area contributed by atoms with Gasteiger partial charge in [0.1, 0.15) is 5.75 Å². The minimum atomic E-state index is -1.25. The van der Waals surface area contributed by atoms with Crippen molar-refractivity contribution in [2.24, 2.45) is 5.73 Å². The zero-order valence-corrected chi connectivity index (χ0v) is 11.7. The van der Waals surface area contributed by atoms with Gasteiger partial charge in [0.25, 0.3) is 0 Å². The number of benzene rings is 1. The molecule has 1 aliphatic rings. The minimum absolute atomic E-state index is 0.263. The molecule has 0 unspecified atom stereocenters. The van der Waals surface area contributed by atoms with Crippen LogP contribution < -0.4 is 20.9 Å². The molecule has 0 saturated heterocycles. The molecule has 1 aromatic carbocycles. The third-order valence-corrected chi connectivity index (χ3v) is 3.57. The highest BCUT2D eigenvalue weighted by Gasteiger charge is 2.17. The topological polar surface area (TPSA) is 104 Å². The van der Waals surface area contributed by atoms with Crippen LogP contribution in [-0.2, 0) is 4.79 Å². The predicted molar refractivity (Wildman–Crippen MR) is 74.4 cm³/mol. The maximum atomic E-state index is 10.9. The van der Waals surface area contributed by atoms with Gasteiger partial charge in [-0.25, -0.2) is 4.79 Å². The summed E-state index contributed by atoms with van der Waals surface area (Å²) < 4.78 is 5.83. The first kappa shape index (κ1) is 15.2. The zero-order chi connectivity index (χ0) is 15.2. The summed E-state index contributed by atoms with van der Waals surface area (Å²) in [6.45, 7) is 0.